The molecule has 0 fully saturated rings. The van der Waals surface area contributed by atoms with E-state index in [1.807, 2.05) is 60.7 Å². The van der Waals surface area contributed by atoms with Crippen LogP contribution in [0.25, 0.3) is 0 Å². The number of methoxy groups -OCH3 is 1. The van der Waals surface area contributed by atoms with Crippen molar-refractivity contribution in [1.82, 2.24) is 0 Å². The smallest absolute Gasteiger partial charge is 0.332 e. The molecule has 1 amide bonds. The number of carbonyl (C=O) groups excluding carboxylic acids is 2. The summed E-state index contributed by atoms with van der Waals surface area (Å²) in [5, 5.41) is 3.16. The Hall–Kier alpha value is -3.34. The van der Waals surface area contributed by atoms with Crippen molar-refractivity contribution in [2.24, 2.45) is 0 Å². The molecule has 0 saturated carbocycles. The molecule has 5 heteroatoms. The number of benzene rings is 2. The lowest BCUT2D eigenvalue weighted by molar-refractivity contribution is -0.134. The fourth-order valence-corrected chi connectivity index (χ4v) is 2.67. The van der Waals surface area contributed by atoms with Gasteiger partial charge < -0.3 is 10.1 Å². The molecule has 5 nitrogen and oxygen atoms in total. The quantitative estimate of drug-likeness (QED) is 0.687. The second-order valence-corrected chi connectivity index (χ2v) is 5.52. The van der Waals surface area contributed by atoms with Crippen molar-refractivity contribution >= 4 is 23.3 Å². The second-order valence-electron chi connectivity index (χ2n) is 5.52. The van der Waals surface area contributed by atoms with Gasteiger partial charge in [-0.25, -0.2) is 4.79 Å². The molecule has 0 atom stereocenters. The van der Waals surface area contributed by atoms with Crippen molar-refractivity contribution in [1.29, 1.82) is 0 Å². The number of rotatable bonds is 4. The summed E-state index contributed by atoms with van der Waals surface area (Å²) in [6.45, 7) is 1.81. The Bertz CT molecular complexity index is 855. The standard InChI is InChI=1S/C20H18N2O3/c1-14-17(13-18(23)25-2)22(16-11-7-4-8-12-16)20(24)19(14)21-15-9-5-3-6-10-15/h3-13,21H,1-2H3/b17-13-. The van der Waals surface area contributed by atoms with Gasteiger partial charge >= 0.3 is 5.97 Å². The molecule has 126 valence electrons. The van der Waals surface area contributed by atoms with Crippen molar-refractivity contribution in [2.75, 3.05) is 17.3 Å². The van der Waals surface area contributed by atoms with E-state index in [9.17, 15) is 9.59 Å². The molecular formula is C20H18N2O3. The summed E-state index contributed by atoms with van der Waals surface area (Å²) in [6, 6.07) is 18.6. The summed E-state index contributed by atoms with van der Waals surface area (Å²) in [4.78, 5) is 26.3. The SMILES string of the molecule is COC(=O)/C=C1/C(C)=C(Nc2ccccc2)C(=O)N1c1ccccc1. The van der Waals surface area contributed by atoms with E-state index in [0.717, 1.165) is 5.69 Å². The van der Waals surface area contributed by atoms with E-state index in [1.165, 1.54) is 18.1 Å². The van der Waals surface area contributed by atoms with E-state index in [2.05, 4.69) is 5.32 Å². The fraction of sp³-hybridized carbons (Fsp3) is 0.100. The minimum Gasteiger partial charge on any atom is -0.466 e. The highest BCUT2D eigenvalue weighted by Gasteiger charge is 2.34. The number of para-hydroxylation sites is 2. The highest BCUT2D eigenvalue weighted by atomic mass is 16.5. The molecule has 0 aromatic heterocycles. The Kier molecular flexibility index (Phi) is 4.66. The average Bonchev–Trinajstić information content (AvgIpc) is 2.87. The molecule has 0 spiro atoms. The van der Waals surface area contributed by atoms with Gasteiger partial charge in [0.2, 0.25) is 0 Å². The average molecular weight is 334 g/mol. The highest BCUT2D eigenvalue weighted by Crippen LogP contribution is 2.34. The first kappa shape index (κ1) is 16.5. The zero-order valence-corrected chi connectivity index (χ0v) is 14.0. The van der Waals surface area contributed by atoms with Gasteiger partial charge in [-0.05, 0) is 31.2 Å². The number of hydrogen-bond donors (Lipinski definition) is 1. The van der Waals surface area contributed by atoms with Crippen molar-refractivity contribution in [2.45, 2.75) is 6.92 Å². The van der Waals surface area contributed by atoms with Gasteiger partial charge in [-0.2, -0.15) is 0 Å². The molecule has 25 heavy (non-hydrogen) atoms. The summed E-state index contributed by atoms with van der Waals surface area (Å²) in [5.74, 6) is -0.730. The number of nitrogens with one attached hydrogen (secondary N) is 1. The number of nitrogens with zero attached hydrogens (tertiary/aromatic N) is 1. The van der Waals surface area contributed by atoms with Crippen LogP contribution < -0.4 is 10.2 Å². The van der Waals surface area contributed by atoms with Gasteiger partial charge in [0.15, 0.2) is 0 Å². The third-order valence-electron chi connectivity index (χ3n) is 3.93. The zero-order valence-electron chi connectivity index (χ0n) is 14.0. The Morgan fingerprint density at radius 3 is 2.24 bits per heavy atom. The van der Waals surface area contributed by atoms with Crippen molar-refractivity contribution in [3.8, 4) is 0 Å². The Balaban J connectivity index is 2.05. The summed E-state index contributed by atoms with van der Waals surface area (Å²) in [7, 11) is 1.31. The van der Waals surface area contributed by atoms with Gasteiger partial charge in [0.05, 0.1) is 12.8 Å². The molecular weight excluding hydrogens is 316 g/mol. The lowest BCUT2D eigenvalue weighted by Gasteiger charge is -2.19. The number of anilines is 2. The van der Waals surface area contributed by atoms with Crippen molar-refractivity contribution in [3.63, 3.8) is 0 Å². The molecule has 1 aliphatic heterocycles. The van der Waals surface area contributed by atoms with Gasteiger partial charge in [0.1, 0.15) is 5.70 Å². The Morgan fingerprint density at radius 1 is 1.04 bits per heavy atom. The van der Waals surface area contributed by atoms with Crippen LogP contribution in [0.5, 0.6) is 0 Å². The summed E-state index contributed by atoms with van der Waals surface area (Å²) >= 11 is 0. The molecule has 0 bridgehead atoms. The van der Waals surface area contributed by atoms with Gasteiger partial charge in [-0.3, -0.25) is 9.69 Å². The highest BCUT2D eigenvalue weighted by molar-refractivity contribution is 6.15. The number of allylic oxidation sites excluding steroid dienone is 1. The van der Waals surface area contributed by atoms with Crippen LogP contribution in [0.4, 0.5) is 11.4 Å². The van der Waals surface area contributed by atoms with Crippen LogP contribution in [-0.4, -0.2) is 19.0 Å². The first-order valence-electron chi connectivity index (χ1n) is 7.84. The van der Waals surface area contributed by atoms with Gasteiger partial charge in [-0.15, -0.1) is 0 Å². The predicted molar refractivity (Wildman–Crippen MR) is 96.8 cm³/mol. The lowest BCUT2D eigenvalue weighted by atomic mass is 10.2. The number of hydrogen-bond acceptors (Lipinski definition) is 4. The Morgan fingerprint density at radius 2 is 1.64 bits per heavy atom. The van der Waals surface area contributed by atoms with Gasteiger partial charge in [-0.1, -0.05) is 36.4 Å². The van der Waals surface area contributed by atoms with E-state index < -0.39 is 5.97 Å². The van der Waals surface area contributed by atoms with Crippen LogP contribution in [0.2, 0.25) is 0 Å². The van der Waals surface area contributed by atoms with Crippen LogP contribution in [0, 0.1) is 0 Å². The maximum Gasteiger partial charge on any atom is 0.332 e. The summed E-state index contributed by atoms with van der Waals surface area (Å²) < 4.78 is 4.74. The molecule has 2 aromatic rings. The zero-order chi connectivity index (χ0) is 17.8. The summed E-state index contributed by atoms with van der Waals surface area (Å²) in [6.07, 6.45) is 1.33. The van der Waals surface area contributed by atoms with Crippen LogP contribution in [0.15, 0.2) is 83.7 Å². The predicted octanol–water partition coefficient (Wildman–Crippen LogP) is 3.48. The first-order chi connectivity index (χ1) is 12.1. The summed E-state index contributed by atoms with van der Waals surface area (Å²) in [5.41, 5.74) is 3.11. The van der Waals surface area contributed by atoms with Crippen LogP contribution in [0.3, 0.4) is 0 Å². The van der Waals surface area contributed by atoms with Gasteiger partial charge in [0.25, 0.3) is 5.91 Å². The molecule has 0 unspecified atom stereocenters. The van der Waals surface area contributed by atoms with Crippen LogP contribution in [0.1, 0.15) is 6.92 Å². The molecule has 1 aliphatic rings. The number of carbonyl (C=O) groups is 2. The van der Waals surface area contributed by atoms with E-state index >= 15 is 0 Å². The maximum absolute atomic E-state index is 13.0. The van der Waals surface area contributed by atoms with Crippen LogP contribution in [-0.2, 0) is 14.3 Å². The molecule has 2 aromatic carbocycles. The van der Waals surface area contributed by atoms with Crippen molar-refractivity contribution in [3.05, 3.63) is 83.7 Å². The normalized spacial score (nSPS) is 15.7. The lowest BCUT2D eigenvalue weighted by Crippen LogP contribution is -2.27. The largest absolute Gasteiger partial charge is 0.466 e. The van der Waals surface area contributed by atoms with Gasteiger partial charge in [0, 0.05) is 23.0 Å². The topological polar surface area (TPSA) is 58.6 Å². The third-order valence-corrected chi connectivity index (χ3v) is 3.93. The minimum absolute atomic E-state index is 0.220. The molecule has 0 saturated heterocycles. The monoisotopic (exact) mass is 334 g/mol. The number of ether oxygens (including phenoxy) is 1. The van der Waals surface area contributed by atoms with E-state index in [1.54, 1.807) is 6.92 Å². The second kappa shape index (κ2) is 7.05. The van der Waals surface area contributed by atoms with E-state index in [-0.39, 0.29) is 5.91 Å². The molecule has 1 N–H and O–H groups in total. The first-order valence-corrected chi connectivity index (χ1v) is 7.84. The van der Waals surface area contributed by atoms with Crippen LogP contribution >= 0.6 is 0 Å². The maximum atomic E-state index is 13.0. The third kappa shape index (κ3) is 3.30. The Labute approximate surface area is 146 Å². The fourth-order valence-electron chi connectivity index (χ4n) is 2.67. The molecule has 1 heterocycles. The molecule has 0 radical (unpaired) electrons. The molecule has 0 aliphatic carbocycles. The van der Waals surface area contributed by atoms with E-state index in [0.29, 0.717) is 22.7 Å². The number of amides is 1. The molecule has 3 rings (SSSR count). The van der Waals surface area contributed by atoms with Crippen molar-refractivity contribution < 1.29 is 14.3 Å². The number of esters is 1. The minimum atomic E-state index is -0.510. The van der Waals surface area contributed by atoms with E-state index in [4.69, 9.17) is 4.74 Å².